The largest absolute Gasteiger partial charge is 0.468 e. The van der Waals surface area contributed by atoms with E-state index in [0.717, 1.165) is 22.3 Å². The van der Waals surface area contributed by atoms with Gasteiger partial charge in [0.05, 0.1) is 41.8 Å². The Balaban J connectivity index is 1.75. The lowest BCUT2D eigenvalue weighted by molar-refractivity contribution is -0.176. The summed E-state index contributed by atoms with van der Waals surface area (Å²) < 4.78 is 21.9. The molecule has 1 aliphatic heterocycles. The van der Waals surface area contributed by atoms with Gasteiger partial charge in [0, 0.05) is 52.4 Å². The highest BCUT2D eigenvalue weighted by Crippen LogP contribution is 2.32. The number of hydrogen-bond donors (Lipinski definition) is 0. The maximum absolute atomic E-state index is 14.3. The van der Waals surface area contributed by atoms with Crippen molar-refractivity contribution in [1.29, 1.82) is 0 Å². The molecule has 4 aromatic carbocycles. The van der Waals surface area contributed by atoms with Gasteiger partial charge in [-0.25, -0.2) is 0 Å². The highest BCUT2D eigenvalue weighted by molar-refractivity contribution is 6.01. The highest BCUT2D eigenvalue weighted by Gasteiger charge is 2.54. The molecule has 4 aromatic rings. The fourth-order valence-electron chi connectivity index (χ4n) is 7.65. The fraction of sp³-hybridized carbons (Fsp3) is 0.364. The first-order valence-electron chi connectivity index (χ1n) is 18.5. The standard InChI is InChI=1S/C44H52N4O8/c1-53-39(49)43(40(50)54-2)29-45(25-35-17-9-5-10-18-35)33-47(27-37-21-13-7-14-22-37)31-44(41(51)55-3,42(52)56-4)32-48(28-38-23-15-8-16-24-38)34-46(30-43)26-36-19-11-6-12-20-36/h5-24H,25-34H2,1-4H3. The molecule has 1 saturated heterocycles. The fourth-order valence-corrected chi connectivity index (χ4v) is 7.65. The minimum absolute atomic E-state index is 0.111. The number of benzene rings is 4. The third-order valence-corrected chi connectivity index (χ3v) is 10.1. The number of esters is 4. The molecule has 296 valence electrons. The third-order valence-electron chi connectivity index (χ3n) is 10.1. The van der Waals surface area contributed by atoms with Gasteiger partial charge in [-0.1, -0.05) is 121 Å². The lowest BCUT2D eigenvalue weighted by atomic mass is 9.84. The van der Waals surface area contributed by atoms with Crippen LogP contribution in [0.2, 0.25) is 0 Å². The van der Waals surface area contributed by atoms with Crippen molar-refractivity contribution in [2.24, 2.45) is 10.8 Å². The van der Waals surface area contributed by atoms with Crippen LogP contribution in [0.25, 0.3) is 0 Å². The summed E-state index contributed by atoms with van der Waals surface area (Å²) in [5.74, 6) is -2.94. The van der Waals surface area contributed by atoms with Crippen molar-refractivity contribution in [2.45, 2.75) is 26.2 Å². The number of ether oxygens (including phenoxy) is 4. The van der Waals surface area contributed by atoms with E-state index in [4.69, 9.17) is 18.9 Å². The molecule has 0 N–H and O–H groups in total. The van der Waals surface area contributed by atoms with Crippen molar-refractivity contribution in [1.82, 2.24) is 19.6 Å². The zero-order valence-electron chi connectivity index (χ0n) is 32.7. The molecular formula is C44H52N4O8. The van der Waals surface area contributed by atoms with Crippen molar-refractivity contribution in [3.63, 3.8) is 0 Å². The number of rotatable bonds is 12. The second kappa shape index (κ2) is 20.0. The summed E-state index contributed by atoms with van der Waals surface area (Å²) >= 11 is 0. The van der Waals surface area contributed by atoms with E-state index in [1.807, 2.05) is 141 Å². The second-order valence-electron chi connectivity index (χ2n) is 14.3. The molecule has 0 saturated carbocycles. The lowest BCUT2D eigenvalue weighted by Crippen LogP contribution is -2.62. The van der Waals surface area contributed by atoms with Crippen molar-refractivity contribution in [3.8, 4) is 0 Å². The molecule has 0 atom stereocenters. The highest BCUT2D eigenvalue weighted by atomic mass is 16.6. The Morgan fingerprint density at radius 1 is 0.393 bits per heavy atom. The lowest BCUT2D eigenvalue weighted by Gasteiger charge is -2.44. The number of carbonyl (C=O) groups excluding carboxylic acids is 4. The number of methoxy groups -OCH3 is 4. The Labute approximate surface area is 329 Å². The zero-order chi connectivity index (χ0) is 40.0. The average molecular weight is 765 g/mol. The molecule has 5 rings (SSSR count). The first-order valence-corrected chi connectivity index (χ1v) is 18.5. The van der Waals surface area contributed by atoms with Gasteiger partial charge in [-0.3, -0.25) is 38.8 Å². The summed E-state index contributed by atoms with van der Waals surface area (Å²) in [5, 5.41) is 0. The number of carbonyl (C=O) groups is 4. The molecule has 0 spiro atoms. The molecule has 12 heteroatoms. The first-order chi connectivity index (χ1) is 27.1. The van der Waals surface area contributed by atoms with E-state index in [1.54, 1.807) is 0 Å². The van der Waals surface area contributed by atoms with Crippen LogP contribution in [-0.2, 0) is 64.3 Å². The van der Waals surface area contributed by atoms with Gasteiger partial charge < -0.3 is 18.9 Å². The molecule has 0 unspecified atom stereocenters. The van der Waals surface area contributed by atoms with Gasteiger partial charge in [0.25, 0.3) is 0 Å². The van der Waals surface area contributed by atoms with Crippen LogP contribution in [0.1, 0.15) is 22.3 Å². The molecule has 1 heterocycles. The molecule has 0 amide bonds. The van der Waals surface area contributed by atoms with Crippen LogP contribution >= 0.6 is 0 Å². The Morgan fingerprint density at radius 2 is 0.589 bits per heavy atom. The molecule has 12 nitrogen and oxygen atoms in total. The van der Waals surface area contributed by atoms with Crippen LogP contribution in [-0.4, -0.2) is 111 Å². The predicted molar refractivity (Wildman–Crippen MR) is 210 cm³/mol. The molecule has 0 aliphatic carbocycles. The van der Waals surface area contributed by atoms with Crippen LogP contribution in [0.15, 0.2) is 121 Å². The van der Waals surface area contributed by atoms with Crippen molar-refractivity contribution in [3.05, 3.63) is 144 Å². The summed E-state index contributed by atoms with van der Waals surface area (Å²) in [4.78, 5) is 65.0. The molecular weight excluding hydrogens is 713 g/mol. The Morgan fingerprint density at radius 3 is 0.768 bits per heavy atom. The van der Waals surface area contributed by atoms with Crippen molar-refractivity contribution < 1.29 is 38.1 Å². The van der Waals surface area contributed by atoms with E-state index in [0.29, 0.717) is 26.2 Å². The van der Waals surface area contributed by atoms with E-state index in [-0.39, 0.29) is 39.5 Å². The second-order valence-corrected chi connectivity index (χ2v) is 14.3. The van der Waals surface area contributed by atoms with E-state index in [2.05, 4.69) is 0 Å². The number of nitrogens with zero attached hydrogens (tertiary/aromatic N) is 4. The van der Waals surface area contributed by atoms with E-state index in [1.165, 1.54) is 28.4 Å². The van der Waals surface area contributed by atoms with Crippen molar-refractivity contribution >= 4 is 23.9 Å². The number of hydrogen-bond acceptors (Lipinski definition) is 12. The van der Waals surface area contributed by atoms with Crippen LogP contribution in [0.5, 0.6) is 0 Å². The Hall–Kier alpha value is -5.40. The Bertz CT molecular complexity index is 1590. The summed E-state index contributed by atoms with van der Waals surface area (Å²) in [7, 11) is 5.10. The minimum Gasteiger partial charge on any atom is -0.468 e. The van der Waals surface area contributed by atoms with Gasteiger partial charge in [-0.15, -0.1) is 0 Å². The van der Waals surface area contributed by atoms with Crippen LogP contribution < -0.4 is 0 Å². The maximum Gasteiger partial charge on any atom is 0.325 e. The van der Waals surface area contributed by atoms with E-state index in [9.17, 15) is 19.2 Å². The normalized spacial score (nSPS) is 17.1. The minimum atomic E-state index is -1.81. The first kappa shape index (κ1) is 41.8. The summed E-state index contributed by atoms with van der Waals surface area (Å²) in [5.41, 5.74) is 0.0570. The van der Waals surface area contributed by atoms with E-state index >= 15 is 0 Å². The zero-order valence-corrected chi connectivity index (χ0v) is 32.7. The van der Waals surface area contributed by atoms with Gasteiger partial charge in [0.1, 0.15) is 0 Å². The SMILES string of the molecule is COC(=O)C1(C(=O)OC)CN(Cc2ccccc2)CN(Cc2ccccc2)CC(C(=O)OC)(C(=O)OC)CN(Cc2ccccc2)CN(Cc2ccccc2)C1. The monoisotopic (exact) mass is 764 g/mol. The maximum atomic E-state index is 14.3. The van der Waals surface area contributed by atoms with Crippen LogP contribution in [0, 0.1) is 10.8 Å². The van der Waals surface area contributed by atoms with Gasteiger partial charge in [-0.2, -0.15) is 0 Å². The average Bonchev–Trinajstić information content (AvgIpc) is 3.22. The molecule has 1 aliphatic rings. The predicted octanol–water partition coefficient (Wildman–Crippen LogP) is 4.59. The Kier molecular flexibility index (Phi) is 14.9. The van der Waals surface area contributed by atoms with Gasteiger partial charge in [0.15, 0.2) is 10.8 Å². The third kappa shape index (κ3) is 10.5. The molecule has 1 fully saturated rings. The van der Waals surface area contributed by atoms with E-state index < -0.39 is 34.7 Å². The quantitative estimate of drug-likeness (QED) is 0.114. The summed E-state index contributed by atoms with van der Waals surface area (Å²) in [6.45, 7) is 1.03. The molecule has 0 aromatic heterocycles. The smallest absolute Gasteiger partial charge is 0.325 e. The molecule has 0 bridgehead atoms. The van der Waals surface area contributed by atoms with Gasteiger partial charge in [-0.05, 0) is 22.3 Å². The van der Waals surface area contributed by atoms with Crippen LogP contribution in [0.4, 0.5) is 0 Å². The van der Waals surface area contributed by atoms with Crippen LogP contribution in [0.3, 0.4) is 0 Å². The topological polar surface area (TPSA) is 118 Å². The van der Waals surface area contributed by atoms with Gasteiger partial charge >= 0.3 is 23.9 Å². The molecule has 56 heavy (non-hydrogen) atoms. The van der Waals surface area contributed by atoms with Crippen molar-refractivity contribution in [2.75, 3.05) is 68.0 Å². The molecule has 0 radical (unpaired) electrons. The summed E-state index contributed by atoms with van der Waals surface area (Å²) in [6.07, 6.45) is 0. The summed E-state index contributed by atoms with van der Waals surface area (Å²) in [6, 6.07) is 38.7. The van der Waals surface area contributed by atoms with Gasteiger partial charge in [0.2, 0.25) is 0 Å².